The summed E-state index contributed by atoms with van der Waals surface area (Å²) in [6, 6.07) is 7.95. The van der Waals surface area contributed by atoms with Crippen LogP contribution < -0.4 is 15.2 Å². The average Bonchev–Trinajstić information content (AvgIpc) is 3.10. The minimum atomic E-state index is -3.91. The molecule has 0 spiro atoms. The van der Waals surface area contributed by atoms with Crippen molar-refractivity contribution in [1.82, 2.24) is 28.9 Å². The van der Waals surface area contributed by atoms with Gasteiger partial charge in [-0.1, -0.05) is 18.2 Å². The molecule has 5 rings (SSSR count). The van der Waals surface area contributed by atoms with E-state index in [1.807, 2.05) is 29.0 Å². The largest absolute Gasteiger partial charge is 0.383 e. The molecule has 10 nitrogen and oxygen atoms in total. The number of hydrogen-bond donors (Lipinski definition) is 3. The first-order valence-electron chi connectivity index (χ1n) is 11.5. The van der Waals surface area contributed by atoms with Crippen molar-refractivity contribution >= 4 is 33.0 Å². The molecule has 3 aromatic rings. The van der Waals surface area contributed by atoms with Crippen LogP contribution in [0.3, 0.4) is 0 Å². The SMILES string of the molecule is CC(=O)NS(=O)(=O)NCc1cccc(-c2cn([C@H]3C[C@@H](CN4CCC4)C3)c3ncnc(N)c23)c1. The normalized spacial score (nSPS) is 20.6. The molecular formula is C23H29N7O3S. The maximum absolute atomic E-state index is 11.9. The van der Waals surface area contributed by atoms with E-state index >= 15 is 0 Å². The Morgan fingerprint density at radius 1 is 1.24 bits per heavy atom. The number of carbonyl (C=O) groups is 1. The van der Waals surface area contributed by atoms with Crippen LogP contribution in [0.15, 0.2) is 36.8 Å². The number of anilines is 1. The van der Waals surface area contributed by atoms with E-state index in [0.29, 0.717) is 17.8 Å². The van der Waals surface area contributed by atoms with Crippen molar-refractivity contribution in [2.45, 2.75) is 38.8 Å². The molecule has 1 aliphatic heterocycles. The number of likely N-dealkylation sites (tertiary alicyclic amines) is 1. The third-order valence-electron chi connectivity index (χ3n) is 6.69. The molecule has 2 fully saturated rings. The summed E-state index contributed by atoms with van der Waals surface area (Å²) in [6.45, 7) is 4.81. The first kappa shape index (κ1) is 22.8. The van der Waals surface area contributed by atoms with Gasteiger partial charge in [0, 0.05) is 37.8 Å². The molecule has 0 atom stereocenters. The molecule has 1 saturated heterocycles. The highest BCUT2D eigenvalue weighted by Crippen LogP contribution is 2.43. The quantitative estimate of drug-likeness (QED) is 0.445. The van der Waals surface area contributed by atoms with E-state index in [0.717, 1.165) is 47.5 Å². The number of aromatic nitrogens is 3. The average molecular weight is 484 g/mol. The van der Waals surface area contributed by atoms with Crippen LogP contribution in [0.2, 0.25) is 0 Å². The lowest BCUT2D eigenvalue weighted by atomic mass is 9.79. The molecule has 34 heavy (non-hydrogen) atoms. The van der Waals surface area contributed by atoms with Crippen molar-refractivity contribution in [3.05, 3.63) is 42.4 Å². The van der Waals surface area contributed by atoms with Gasteiger partial charge >= 0.3 is 10.2 Å². The fraction of sp³-hybridized carbons (Fsp3) is 0.435. The van der Waals surface area contributed by atoms with Crippen molar-refractivity contribution < 1.29 is 13.2 Å². The number of nitrogen functional groups attached to an aromatic ring is 1. The minimum Gasteiger partial charge on any atom is -0.383 e. The lowest BCUT2D eigenvalue weighted by molar-refractivity contribution is -0.117. The van der Waals surface area contributed by atoms with Crippen molar-refractivity contribution in [3.63, 3.8) is 0 Å². The molecule has 1 amide bonds. The molecule has 1 aromatic carbocycles. The minimum absolute atomic E-state index is 0.0435. The Morgan fingerprint density at radius 2 is 2.03 bits per heavy atom. The third-order valence-corrected chi connectivity index (χ3v) is 7.77. The smallest absolute Gasteiger partial charge is 0.301 e. The van der Waals surface area contributed by atoms with Gasteiger partial charge in [-0.15, -0.1) is 0 Å². The lowest BCUT2D eigenvalue weighted by Gasteiger charge is -2.42. The molecule has 0 bridgehead atoms. The molecule has 11 heteroatoms. The lowest BCUT2D eigenvalue weighted by Crippen LogP contribution is -2.43. The predicted molar refractivity (Wildman–Crippen MR) is 130 cm³/mol. The summed E-state index contributed by atoms with van der Waals surface area (Å²) >= 11 is 0. The van der Waals surface area contributed by atoms with Crippen LogP contribution >= 0.6 is 0 Å². The second-order valence-corrected chi connectivity index (χ2v) is 10.7. The highest BCUT2D eigenvalue weighted by atomic mass is 32.2. The Bertz CT molecular complexity index is 1330. The molecule has 180 valence electrons. The van der Waals surface area contributed by atoms with Gasteiger partial charge in [0.25, 0.3) is 0 Å². The Morgan fingerprint density at radius 3 is 2.74 bits per heavy atom. The second kappa shape index (κ2) is 8.97. The number of hydrogen-bond acceptors (Lipinski definition) is 7. The predicted octanol–water partition coefficient (Wildman–Crippen LogP) is 1.81. The zero-order valence-electron chi connectivity index (χ0n) is 19.1. The number of benzene rings is 1. The van der Waals surface area contributed by atoms with Crippen molar-refractivity contribution in [3.8, 4) is 11.1 Å². The van der Waals surface area contributed by atoms with E-state index in [1.165, 1.54) is 32.4 Å². The fourth-order valence-corrected chi connectivity index (χ4v) is 5.67. The zero-order valence-corrected chi connectivity index (χ0v) is 19.9. The maximum atomic E-state index is 11.9. The highest BCUT2D eigenvalue weighted by molar-refractivity contribution is 7.88. The van der Waals surface area contributed by atoms with Gasteiger partial charge in [0.2, 0.25) is 5.91 Å². The molecule has 0 unspecified atom stereocenters. The van der Waals surface area contributed by atoms with Crippen LogP contribution in [-0.2, 0) is 21.5 Å². The monoisotopic (exact) mass is 483 g/mol. The van der Waals surface area contributed by atoms with Crippen LogP contribution in [0.4, 0.5) is 5.82 Å². The van der Waals surface area contributed by atoms with Gasteiger partial charge in [0.05, 0.1) is 5.39 Å². The molecule has 0 radical (unpaired) electrons. The summed E-state index contributed by atoms with van der Waals surface area (Å²) in [7, 11) is -3.91. The van der Waals surface area contributed by atoms with Gasteiger partial charge in [-0.05, 0) is 55.5 Å². The van der Waals surface area contributed by atoms with Crippen molar-refractivity contribution in [1.29, 1.82) is 0 Å². The number of rotatable bonds is 8. The summed E-state index contributed by atoms with van der Waals surface area (Å²) in [4.78, 5) is 22.4. The number of fused-ring (bicyclic) bond motifs is 1. The van der Waals surface area contributed by atoms with Crippen LogP contribution in [-0.4, -0.2) is 53.4 Å². The summed E-state index contributed by atoms with van der Waals surface area (Å²) in [5, 5.41) is 0.810. The van der Waals surface area contributed by atoms with Gasteiger partial charge in [-0.3, -0.25) is 4.79 Å². The zero-order chi connectivity index (χ0) is 23.9. The van der Waals surface area contributed by atoms with Crippen LogP contribution in [0.25, 0.3) is 22.2 Å². The van der Waals surface area contributed by atoms with Gasteiger partial charge in [0.1, 0.15) is 17.8 Å². The Kier molecular flexibility index (Phi) is 6.00. The molecule has 1 saturated carbocycles. The van der Waals surface area contributed by atoms with Crippen molar-refractivity contribution in [2.75, 3.05) is 25.4 Å². The topological polar surface area (TPSA) is 135 Å². The molecule has 3 heterocycles. The molecule has 2 aliphatic rings. The van der Waals surface area contributed by atoms with Gasteiger partial charge in [0.15, 0.2) is 0 Å². The molecule has 4 N–H and O–H groups in total. The van der Waals surface area contributed by atoms with Gasteiger partial charge < -0.3 is 15.2 Å². The standard InChI is InChI=1S/C23H29N7O3S/c1-15(31)28-34(32,33)27-11-16-4-2-5-18(8-16)20-13-30(23-21(20)22(24)25-14-26-23)19-9-17(10-19)12-29-6-3-7-29/h2,4-5,8,13-14,17,19,27H,3,6-7,9-12H2,1H3,(H,28,31)(H2,24,25,26)/t17-,19+. The Balaban J connectivity index is 1.39. The first-order chi connectivity index (χ1) is 16.3. The summed E-state index contributed by atoms with van der Waals surface area (Å²) in [5.41, 5.74) is 9.68. The Hall–Kier alpha value is -3.02. The molecular weight excluding hydrogens is 454 g/mol. The van der Waals surface area contributed by atoms with E-state index in [2.05, 4.69) is 30.4 Å². The molecule has 2 aromatic heterocycles. The Labute approximate surface area is 198 Å². The fourth-order valence-electron chi connectivity index (χ4n) is 4.86. The van der Waals surface area contributed by atoms with Crippen LogP contribution in [0, 0.1) is 5.92 Å². The van der Waals surface area contributed by atoms with Gasteiger partial charge in [-0.25, -0.2) is 14.7 Å². The van der Waals surface area contributed by atoms with Gasteiger partial charge in [-0.2, -0.15) is 13.1 Å². The van der Waals surface area contributed by atoms with E-state index in [-0.39, 0.29) is 6.54 Å². The van der Waals surface area contributed by atoms with E-state index in [9.17, 15) is 13.2 Å². The number of nitrogens with two attached hydrogens (primary N) is 1. The highest BCUT2D eigenvalue weighted by Gasteiger charge is 2.34. The number of amides is 1. The van der Waals surface area contributed by atoms with Crippen LogP contribution in [0.5, 0.6) is 0 Å². The summed E-state index contributed by atoms with van der Waals surface area (Å²) in [5.74, 6) is 0.491. The summed E-state index contributed by atoms with van der Waals surface area (Å²) in [6.07, 6.45) is 7.15. The summed E-state index contributed by atoms with van der Waals surface area (Å²) < 4.78 is 30.4. The maximum Gasteiger partial charge on any atom is 0.301 e. The second-order valence-electron chi connectivity index (χ2n) is 9.24. The third kappa shape index (κ3) is 4.63. The number of carbonyl (C=O) groups excluding carboxylic acids is 1. The van der Waals surface area contributed by atoms with E-state index in [4.69, 9.17) is 5.73 Å². The van der Waals surface area contributed by atoms with Crippen molar-refractivity contribution in [2.24, 2.45) is 5.92 Å². The van der Waals surface area contributed by atoms with E-state index in [1.54, 1.807) is 0 Å². The molecule has 1 aliphatic carbocycles. The first-order valence-corrected chi connectivity index (χ1v) is 13.0. The number of nitrogens with zero attached hydrogens (tertiary/aromatic N) is 4. The van der Waals surface area contributed by atoms with Crippen LogP contribution in [0.1, 0.15) is 37.8 Å². The van der Waals surface area contributed by atoms with E-state index < -0.39 is 16.1 Å². The number of nitrogens with one attached hydrogen (secondary N) is 2.